The van der Waals surface area contributed by atoms with Crippen molar-refractivity contribution >= 4 is 17.5 Å². The molecule has 2 heterocycles. The van der Waals surface area contributed by atoms with Crippen LogP contribution < -0.4 is 4.90 Å². The van der Waals surface area contributed by atoms with E-state index in [0.29, 0.717) is 5.15 Å². The van der Waals surface area contributed by atoms with Gasteiger partial charge in [-0.2, -0.15) is 0 Å². The Hall–Kier alpha value is -1.65. The molecule has 0 saturated heterocycles. The molecule has 1 aliphatic heterocycles. The number of aromatic nitrogens is 2. The van der Waals surface area contributed by atoms with Crippen LogP contribution in [-0.2, 0) is 19.5 Å². The quantitative estimate of drug-likeness (QED) is 0.679. The first-order valence-electron chi connectivity index (χ1n) is 9.79. The first kappa shape index (κ1) is 17.7. The number of hydrogen-bond donors (Lipinski definition) is 0. The molecule has 0 spiro atoms. The minimum atomic E-state index is 0.639. The van der Waals surface area contributed by atoms with Crippen molar-refractivity contribution in [3.63, 3.8) is 0 Å². The van der Waals surface area contributed by atoms with Gasteiger partial charge in [-0.1, -0.05) is 48.9 Å². The van der Waals surface area contributed by atoms with Crippen LogP contribution in [0.2, 0.25) is 5.15 Å². The second-order valence-corrected chi connectivity index (χ2v) is 7.93. The van der Waals surface area contributed by atoms with Crippen LogP contribution in [0.15, 0.2) is 30.3 Å². The molecule has 1 saturated carbocycles. The maximum absolute atomic E-state index is 6.61. The summed E-state index contributed by atoms with van der Waals surface area (Å²) in [6.07, 6.45) is 4.73. The van der Waals surface area contributed by atoms with Crippen molar-refractivity contribution in [1.82, 2.24) is 14.9 Å². The zero-order valence-corrected chi connectivity index (χ0v) is 16.3. The Kier molecular flexibility index (Phi) is 5.41. The number of hydrogen-bond acceptors (Lipinski definition) is 4. The highest BCUT2D eigenvalue weighted by molar-refractivity contribution is 6.30. The van der Waals surface area contributed by atoms with Crippen molar-refractivity contribution < 1.29 is 0 Å². The summed E-state index contributed by atoms with van der Waals surface area (Å²) in [5, 5.41) is 0.639. The van der Waals surface area contributed by atoms with Crippen molar-refractivity contribution in [2.75, 3.05) is 24.5 Å². The van der Waals surface area contributed by atoms with Gasteiger partial charge in [0, 0.05) is 44.7 Å². The van der Waals surface area contributed by atoms with Gasteiger partial charge in [-0.3, -0.25) is 4.90 Å². The summed E-state index contributed by atoms with van der Waals surface area (Å²) in [6.45, 7) is 7.09. The summed E-state index contributed by atoms with van der Waals surface area (Å²) in [5.74, 6) is 1.65. The average molecular weight is 371 g/mol. The van der Waals surface area contributed by atoms with E-state index in [2.05, 4.69) is 52.0 Å². The lowest BCUT2D eigenvalue weighted by Gasteiger charge is -2.30. The Morgan fingerprint density at radius 1 is 1.19 bits per heavy atom. The zero-order valence-electron chi connectivity index (χ0n) is 15.5. The molecular weight excluding hydrogens is 344 g/mol. The highest BCUT2D eigenvalue weighted by Gasteiger charge is 2.27. The molecule has 0 N–H and O–H groups in total. The minimum Gasteiger partial charge on any atom is -0.341 e. The third-order valence-corrected chi connectivity index (χ3v) is 5.59. The molecule has 1 aliphatic carbocycles. The molecule has 138 valence electrons. The topological polar surface area (TPSA) is 32.3 Å². The van der Waals surface area contributed by atoms with Gasteiger partial charge in [-0.05, 0) is 30.7 Å². The van der Waals surface area contributed by atoms with Crippen LogP contribution in [0.1, 0.15) is 43.0 Å². The van der Waals surface area contributed by atoms with E-state index in [9.17, 15) is 0 Å². The molecule has 0 atom stereocenters. The molecule has 0 unspecified atom stereocenters. The van der Waals surface area contributed by atoms with Gasteiger partial charge in [0.1, 0.15) is 5.15 Å². The first-order valence-corrected chi connectivity index (χ1v) is 10.2. The van der Waals surface area contributed by atoms with Crippen LogP contribution in [0, 0.1) is 5.92 Å². The van der Waals surface area contributed by atoms with Gasteiger partial charge < -0.3 is 4.90 Å². The van der Waals surface area contributed by atoms with E-state index >= 15 is 0 Å². The smallest absolute Gasteiger partial charge is 0.227 e. The van der Waals surface area contributed by atoms with Crippen LogP contribution in [0.5, 0.6) is 0 Å². The lowest BCUT2D eigenvalue weighted by atomic mass is 10.1. The number of rotatable bonds is 7. The van der Waals surface area contributed by atoms with Gasteiger partial charge in [0.25, 0.3) is 0 Å². The van der Waals surface area contributed by atoms with Crippen molar-refractivity contribution in [1.29, 1.82) is 0 Å². The Bertz CT molecular complexity index is 745. The molecule has 4 rings (SSSR count). The predicted octanol–water partition coefficient (Wildman–Crippen LogP) is 4.31. The minimum absolute atomic E-state index is 0.639. The van der Waals surface area contributed by atoms with Gasteiger partial charge in [0.05, 0.1) is 5.69 Å². The van der Waals surface area contributed by atoms with Crippen molar-refractivity contribution in [3.05, 3.63) is 52.3 Å². The van der Waals surface area contributed by atoms with Crippen LogP contribution >= 0.6 is 11.6 Å². The lowest BCUT2D eigenvalue weighted by molar-refractivity contribution is 0.243. The van der Waals surface area contributed by atoms with E-state index in [4.69, 9.17) is 16.6 Å². The summed E-state index contributed by atoms with van der Waals surface area (Å²) in [7, 11) is 0. The molecule has 2 aliphatic rings. The standard InChI is InChI=1S/C21H27ClN4/c1-2-11-26(14-17-8-9-17)21-23-19-10-12-25(15-18(19)20(22)24-21)13-16-6-4-3-5-7-16/h3-7,17H,2,8-15H2,1H3. The van der Waals surface area contributed by atoms with Gasteiger partial charge in [0.15, 0.2) is 0 Å². The van der Waals surface area contributed by atoms with E-state index in [1.807, 2.05) is 0 Å². The second-order valence-electron chi connectivity index (χ2n) is 7.58. The van der Waals surface area contributed by atoms with Crippen molar-refractivity contribution in [2.24, 2.45) is 5.92 Å². The molecule has 0 bridgehead atoms. The summed E-state index contributed by atoms with van der Waals surface area (Å²) < 4.78 is 0. The van der Waals surface area contributed by atoms with Gasteiger partial charge in [-0.15, -0.1) is 0 Å². The van der Waals surface area contributed by atoms with Crippen LogP contribution in [0.4, 0.5) is 5.95 Å². The van der Waals surface area contributed by atoms with Crippen LogP contribution in [0.25, 0.3) is 0 Å². The molecule has 4 nitrogen and oxygen atoms in total. The van der Waals surface area contributed by atoms with Gasteiger partial charge in [0.2, 0.25) is 5.95 Å². The molecule has 1 fully saturated rings. The number of nitrogens with zero attached hydrogens (tertiary/aromatic N) is 4. The Morgan fingerprint density at radius 2 is 2.00 bits per heavy atom. The fraction of sp³-hybridized carbons (Fsp3) is 0.524. The number of fused-ring (bicyclic) bond motifs is 1. The zero-order chi connectivity index (χ0) is 17.9. The Balaban J connectivity index is 1.50. The third kappa shape index (κ3) is 4.18. The molecule has 26 heavy (non-hydrogen) atoms. The molecule has 0 radical (unpaired) electrons. The average Bonchev–Trinajstić information content (AvgIpc) is 3.47. The number of benzene rings is 1. The molecule has 0 amide bonds. The normalized spacial score (nSPS) is 17.2. The van der Waals surface area contributed by atoms with E-state index in [-0.39, 0.29) is 0 Å². The summed E-state index contributed by atoms with van der Waals surface area (Å²) in [6, 6.07) is 10.6. The van der Waals surface area contributed by atoms with E-state index in [0.717, 1.165) is 68.7 Å². The van der Waals surface area contributed by atoms with Crippen molar-refractivity contribution in [3.8, 4) is 0 Å². The maximum atomic E-state index is 6.61. The van der Waals surface area contributed by atoms with E-state index in [1.165, 1.54) is 18.4 Å². The summed E-state index contributed by atoms with van der Waals surface area (Å²) in [4.78, 5) is 14.4. The highest BCUT2D eigenvalue weighted by Crippen LogP contribution is 2.32. The molecular formula is C21H27ClN4. The highest BCUT2D eigenvalue weighted by atomic mass is 35.5. The monoisotopic (exact) mass is 370 g/mol. The lowest BCUT2D eigenvalue weighted by Crippen LogP contribution is -2.33. The second kappa shape index (κ2) is 7.93. The SMILES string of the molecule is CCCN(CC1CC1)c1nc(Cl)c2c(n1)CCN(Cc1ccccc1)C2. The predicted molar refractivity (Wildman–Crippen MR) is 107 cm³/mol. The first-order chi connectivity index (χ1) is 12.7. The molecule has 1 aromatic heterocycles. The fourth-order valence-electron chi connectivity index (χ4n) is 3.69. The molecule has 2 aromatic rings. The summed E-state index contributed by atoms with van der Waals surface area (Å²) in [5.41, 5.74) is 3.59. The molecule has 5 heteroatoms. The Morgan fingerprint density at radius 3 is 2.73 bits per heavy atom. The van der Waals surface area contributed by atoms with E-state index in [1.54, 1.807) is 0 Å². The van der Waals surface area contributed by atoms with Crippen molar-refractivity contribution in [2.45, 2.75) is 45.7 Å². The Labute approximate surface area is 161 Å². The number of anilines is 1. The van der Waals surface area contributed by atoms with E-state index < -0.39 is 0 Å². The summed E-state index contributed by atoms with van der Waals surface area (Å²) >= 11 is 6.61. The number of halogens is 1. The van der Waals surface area contributed by atoms with Gasteiger partial charge in [-0.25, -0.2) is 9.97 Å². The largest absolute Gasteiger partial charge is 0.341 e. The third-order valence-electron chi connectivity index (χ3n) is 5.28. The van der Waals surface area contributed by atoms with Crippen LogP contribution in [0.3, 0.4) is 0 Å². The molecule has 1 aromatic carbocycles. The van der Waals surface area contributed by atoms with Crippen LogP contribution in [-0.4, -0.2) is 34.5 Å². The fourth-order valence-corrected chi connectivity index (χ4v) is 3.93. The maximum Gasteiger partial charge on any atom is 0.227 e. The van der Waals surface area contributed by atoms with Gasteiger partial charge >= 0.3 is 0 Å².